The van der Waals surface area contributed by atoms with Crippen molar-refractivity contribution in [3.63, 3.8) is 0 Å². The number of allylic oxidation sites excluding steroid dienone is 3. The molecule has 1 aromatic carbocycles. The second-order valence-electron chi connectivity index (χ2n) is 2.45. The molecule has 1 aromatic rings. The van der Waals surface area contributed by atoms with Gasteiger partial charge in [-0.25, -0.2) is 0 Å². The Labute approximate surface area is 67.9 Å². The quantitative estimate of drug-likeness (QED) is 0.559. The highest BCUT2D eigenvalue weighted by atomic mass is 13.9. The van der Waals surface area contributed by atoms with Gasteiger partial charge in [0.2, 0.25) is 0 Å². The molecule has 0 radical (unpaired) electrons. The largest absolute Gasteiger partial charge is 0.0991 e. The van der Waals surface area contributed by atoms with E-state index in [0.717, 1.165) is 0 Å². The van der Waals surface area contributed by atoms with Crippen molar-refractivity contribution in [2.75, 3.05) is 0 Å². The third-order valence-electron chi connectivity index (χ3n) is 1.60. The van der Waals surface area contributed by atoms with Crippen LogP contribution in [0, 0.1) is 0 Å². The maximum Gasteiger partial charge on any atom is -0.0227 e. The van der Waals surface area contributed by atoms with Gasteiger partial charge in [-0.2, -0.15) is 0 Å². The van der Waals surface area contributed by atoms with Gasteiger partial charge in [-0.05, 0) is 18.1 Å². The van der Waals surface area contributed by atoms with Crippen molar-refractivity contribution in [1.29, 1.82) is 0 Å². The Hall–Kier alpha value is -1.30. The summed E-state index contributed by atoms with van der Waals surface area (Å²) in [5.41, 5.74) is 2.51. The van der Waals surface area contributed by atoms with Crippen LogP contribution in [0.2, 0.25) is 0 Å². The summed E-state index contributed by atoms with van der Waals surface area (Å²) in [6, 6.07) is 10.3. The molecule has 0 aliphatic rings. The van der Waals surface area contributed by atoms with E-state index in [1.807, 2.05) is 30.4 Å². The first-order chi connectivity index (χ1) is 5.34. The maximum atomic E-state index is 3.65. The van der Waals surface area contributed by atoms with Crippen molar-refractivity contribution < 1.29 is 0 Å². The van der Waals surface area contributed by atoms with E-state index in [2.05, 4.69) is 25.6 Å². The lowest BCUT2D eigenvalue weighted by molar-refractivity contribution is 1.57. The van der Waals surface area contributed by atoms with Crippen molar-refractivity contribution in [3.8, 4) is 0 Å². The smallest absolute Gasteiger partial charge is 0.0227 e. The minimum absolute atomic E-state index is 1.25. The van der Waals surface area contributed by atoms with Crippen LogP contribution in [-0.2, 0) is 0 Å². The molecule has 0 aromatic heterocycles. The van der Waals surface area contributed by atoms with Crippen LogP contribution in [0.25, 0.3) is 5.57 Å². The Morgan fingerprint density at radius 3 is 2.45 bits per heavy atom. The molecule has 0 amide bonds. The van der Waals surface area contributed by atoms with Gasteiger partial charge >= 0.3 is 0 Å². The van der Waals surface area contributed by atoms with Crippen molar-refractivity contribution in [3.05, 3.63) is 54.6 Å². The monoisotopic (exact) mass is 144 g/mol. The number of rotatable bonds is 2. The van der Waals surface area contributed by atoms with E-state index in [1.165, 1.54) is 11.1 Å². The Bertz CT molecular complexity index is 255. The first-order valence-corrected chi connectivity index (χ1v) is 3.69. The zero-order chi connectivity index (χ0) is 8.10. The lowest BCUT2D eigenvalue weighted by Crippen LogP contribution is -1.75. The molecule has 0 saturated carbocycles. The highest BCUT2D eigenvalue weighted by molar-refractivity contribution is 5.64. The van der Waals surface area contributed by atoms with Gasteiger partial charge in [-0.1, -0.05) is 49.1 Å². The van der Waals surface area contributed by atoms with Crippen LogP contribution in [0.15, 0.2) is 49.1 Å². The van der Waals surface area contributed by atoms with Crippen LogP contribution >= 0.6 is 0 Å². The lowest BCUT2D eigenvalue weighted by Gasteiger charge is -1.97. The van der Waals surface area contributed by atoms with Crippen molar-refractivity contribution in [1.82, 2.24) is 0 Å². The van der Waals surface area contributed by atoms with E-state index in [-0.39, 0.29) is 0 Å². The standard InChI is InChI=1S/C11H12/c1-3-7-10(2)11-8-5-4-6-9-11/h3-9H,1H2,2H3. The minimum atomic E-state index is 1.25. The predicted molar refractivity (Wildman–Crippen MR) is 50.3 cm³/mol. The summed E-state index contributed by atoms with van der Waals surface area (Å²) < 4.78 is 0. The van der Waals surface area contributed by atoms with Crippen LogP contribution in [0.4, 0.5) is 0 Å². The predicted octanol–water partition coefficient (Wildman–Crippen LogP) is 3.28. The Kier molecular flexibility index (Phi) is 2.67. The summed E-state index contributed by atoms with van der Waals surface area (Å²) >= 11 is 0. The fourth-order valence-corrected chi connectivity index (χ4v) is 0.974. The minimum Gasteiger partial charge on any atom is -0.0991 e. The molecule has 0 fully saturated rings. The van der Waals surface area contributed by atoms with Gasteiger partial charge in [-0.3, -0.25) is 0 Å². The van der Waals surface area contributed by atoms with Gasteiger partial charge in [0.15, 0.2) is 0 Å². The summed E-state index contributed by atoms with van der Waals surface area (Å²) in [4.78, 5) is 0. The summed E-state index contributed by atoms with van der Waals surface area (Å²) in [6.45, 7) is 5.73. The highest BCUT2D eigenvalue weighted by Gasteiger charge is 1.89. The lowest BCUT2D eigenvalue weighted by atomic mass is 10.1. The SMILES string of the molecule is C=CC=C(C)c1ccccc1. The van der Waals surface area contributed by atoms with Crippen molar-refractivity contribution in [2.24, 2.45) is 0 Å². The summed E-state index contributed by atoms with van der Waals surface area (Å²) in [7, 11) is 0. The Morgan fingerprint density at radius 1 is 1.27 bits per heavy atom. The summed E-state index contributed by atoms with van der Waals surface area (Å²) in [5, 5.41) is 0. The fraction of sp³-hybridized carbons (Fsp3) is 0.0909. The molecule has 0 spiro atoms. The Balaban J connectivity index is 2.94. The van der Waals surface area contributed by atoms with Crippen LogP contribution in [-0.4, -0.2) is 0 Å². The third-order valence-corrected chi connectivity index (χ3v) is 1.60. The van der Waals surface area contributed by atoms with E-state index in [1.54, 1.807) is 0 Å². The van der Waals surface area contributed by atoms with Crippen molar-refractivity contribution in [2.45, 2.75) is 6.92 Å². The van der Waals surface area contributed by atoms with Crippen molar-refractivity contribution >= 4 is 5.57 Å². The van der Waals surface area contributed by atoms with Crippen LogP contribution in [0.5, 0.6) is 0 Å². The van der Waals surface area contributed by atoms with Gasteiger partial charge < -0.3 is 0 Å². The molecular weight excluding hydrogens is 132 g/mol. The van der Waals surface area contributed by atoms with E-state index in [0.29, 0.717) is 0 Å². The van der Waals surface area contributed by atoms with E-state index < -0.39 is 0 Å². The topological polar surface area (TPSA) is 0 Å². The molecular formula is C11H12. The second-order valence-corrected chi connectivity index (χ2v) is 2.45. The molecule has 0 heteroatoms. The van der Waals surface area contributed by atoms with E-state index in [4.69, 9.17) is 0 Å². The number of benzene rings is 1. The summed E-state index contributed by atoms with van der Waals surface area (Å²) in [6.07, 6.45) is 3.82. The zero-order valence-corrected chi connectivity index (χ0v) is 6.75. The number of hydrogen-bond acceptors (Lipinski definition) is 0. The number of hydrogen-bond donors (Lipinski definition) is 0. The molecule has 0 N–H and O–H groups in total. The van der Waals surface area contributed by atoms with Crippen LogP contribution in [0.3, 0.4) is 0 Å². The van der Waals surface area contributed by atoms with Crippen LogP contribution in [0.1, 0.15) is 12.5 Å². The molecule has 0 nitrogen and oxygen atoms in total. The summed E-state index contributed by atoms with van der Waals surface area (Å²) in [5.74, 6) is 0. The molecule has 0 unspecified atom stereocenters. The highest BCUT2D eigenvalue weighted by Crippen LogP contribution is 2.11. The van der Waals surface area contributed by atoms with Gasteiger partial charge in [0.1, 0.15) is 0 Å². The average Bonchev–Trinajstić information content (AvgIpc) is 2.07. The van der Waals surface area contributed by atoms with E-state index >= 15 is 0 Å². The first kappa shape index (κ1) is 7.80. The molecule has 0 saturated heterocycles. The van der Waals surface area contributed by atoms with Crippen LogP contribution < -0.4 is 0 Å². The molecule has 0 aliphatic carbocycles. The molecule has 1 rings (SSSR count). The average molecular weight is 144 g/mol. The third kappa shape index (κ3) is 2.08. The maximum absolute atomic E-state index is 3.65. The molecule has 0 aliphatic heterocycles. The molecule has 0 atom stereocenters. The van der Waals surface area contributed by atoms with Gasteiger partial charge in [0.25, 0.3) is 0 Å². The fourth-order valence-electron chi connectivity index (χ4n) is 0.974. The molecule has 0 bridgehead atoms. The van der Waals surface area contributed by atoms with Gasteiger partial charge in [0, 0.05) is 0 Å². The molecule has 56 valence electrons. The van der Waals surface area contributed by atoms with Gasteiger partial charge in [0.05, 0.1) is 0 Å². The zero-order valence-electron chi connectivity index (χ0n) is 6.75. The van der Waals surface area contributed by atoms with E-state index in [9.17, 15) is 0 Å². The molecule has 11 heavy (non-hydrogen) atoms. The second kappa shape index (κ2) is 3.77. The Morgan fingerprint density at radius 2 is 1.91 bits per heavy atom. The van der Waals surface area contributed by atoms with Gasteiger partial charge in [-0.15, -0.1) is 0 Å². The normalized spacial score (nSPS) is 11.2. The first-order valence-electron chi connectivity index (χ1n) is 3.69. The molecule has 0 heterocycles.